The van der Waals surface area contributed by atoms with Gasteiger partial charge in [-0.25, -0.2) is 8.78 Å². The van der Waals surface area contributed by atoms with Crippen LogP contribution in [0.5, 0.6) is 11.5 Å². The number of methoxy groups -OCH3 is 1. The van der Waals surface area contributed by atoms with E-state index in [0.29, 0.717) is 18.1 Å². The van der Waals surface area contributed by atoms with E-state index in [1.807, 2.05) is 0 Å². The van der Waals surface area contributed by atoms with Gasteiger partial charge in [0.05, 0.1) is 13.7 Å². The van der Waals surface area contributed by atoms with Crippen LogP contribution in [0.2, 0.25) is 0 Å². The maximum absolute atomic E-state index is 12.1. The molecule has 0 saturated heterocycles. The second-order valence-electron chi connectivity index (χ2n) is 3.91. The van der Waals surface area contributed by atoms with E-state index in [9.17, 15) is 13.6 Å². The zero-order chi connectivity index (χ0) is 15.1. The van der Waals surface area contributed by atoms with Gasteiger partial charge in [0.1, 0.15) is 6.10 Å². The summed E-state index contributed by atoms with van der Waals surface area (Å²) in [5, 5.41) is 11.2. The van der Waals surface area contributed by atoms with E-state index in [-0.39, 0.29) is 5.56 Å². The minimum absolute atomic E-state index is 0.232. The highest BCUT2D eigenvalue weighted by molar-refractivity contribution is 5.94. The molecule has 20 heavy (non-hydrogen) atoms. The van der Waals surface area contributed by atoms with Crippen LogP contribution in [0.4, 0.5) is 8.78 Å². The molecule has 0 saturated carbocycles. The summed E-state index contributed by atoms with van der Waals surface area (Å²) in [5.41, 5.74) is 0.232. The lowest BCUT2D eigenvalue weighted by atomic mass is 10.2. The minimum atomic E-state index is -2.90. The molecule has 0 spiro atoms. The number of aliphatic hydroxyl groups excluding tert-OH is 1. The van der Waals surface area contributed by atoms with Crippen LogP contribution in [-0.4, -0.2) is 43.8 Å². The first-order valence-corrected chi connectivity index (χ1v) is 6.04. The van der Waals surface area contributed by atoms with Gasteiger partial charge >= 0.3 is 0 Å². The number of ether oxygens (including phenoxy) is 2. The van der Waals surface area contributed by atoms with E-state index in [0.717, 1.165) is 0 Å². The summed E-state index contributed by atoms with van der Waals surface area (Å²) in [5.74, 6) is 0.279. The SMILES string of the molecule is CCOc1cc(C(=O)NCC(O)C(F)F)ccc1OC. The van der Waals surface area contributed by atoms with Crippen LogP contribution in [0.25, 0.3) is 0 Å². The van der Waals surface area contributed by atoms with Crippen LogP contribution >= 0.6 is 0 Å². The van der Waals surface area contributed by atoms with Crippen molar-refractivity contribution in [3.63, 3.8) is 0 Å². The lowest BCUT2D eigenvalue weighted by Gasteiger charge is -2.13. The molecule has 1 rings (SSSR count). The highest BCUT2D eigenvalue weighted by Crippen LogP contribution is 2.27. The van der Waals surface area contributed by atoms with E-state index in [2.05, 4.69) is 5.32 Å². The number of hydrogen-bond donors (Lipinski definition) is 2. The molecule has 0 radical (unpaired) electrons. The largest absolute Gasteiger partial charge is 0.493 e. The maximum atomic E-state index is 12.1. The average Bonchev–Trinajstić information content (AvgIpc) is 2.44. The maximum Gasteiger partial charge on any atom is 0.265 e. The number of amides is 1. The Bertz CT molecular complexity index is 454. The van der Waals surface area contributed by atoms with Crippen molar-refractivity contribution in [2.24, 2.45) is 0 Å². The molecule has 1 amide bonds. The zero-order valence-electron chi connectivity index (χ0n) is 11.2. The van der Waals surface area contributed by atoms with Crippen LogP contribution in [0, 0.1) is 0 Å². The minimum Gasteiger partial charge on any atom is -0.493 e. The number of carbonyl (C=O) groups is 1. The van der Waals surface area contributed by atoms with Gasteiger partial charge in [0.2, 0.25) is 0 Å². The summed E-state index contributed by atoms with van der Waals surface area (Å²) in [6, 6.07) is 4.47. The number of halogens is 2. The van der Waals surface area contributed by atoms with Gasteiger partial charge in [0.15, 0.2) is 11.5 Å². The normalized spacial score (nSPS) is 12.1. The molecule has 1 aromatic carbocycles. The summed E-state index contributed by atoms with van der Waals surface area (Å²) in [7, 11) is 1.47. The lowest BCUT2D eigenvalue weighted by molar-refractivity contribution is -0.00270. The van der Waals surface area contributed by atoms with Gasteiger partial charge < -0.3 is 19.9 Å². The van der Waals surface area contributed by atoms with Crippen molar-refractivity contribution in [2.75, 3.05) is 20.3 Å². The van der Waals surface area contributed by atoms with Gasteiger partial charge in [-0.05, 0) is 25.1 Å². The van der Waals surface area contributed by atoms with E-state index in [1.165, 1.54) is 19.2 Å². The molecule has 0 aliphatic carbocycles. The van der Waals surface area contributed by atoms with Crippen molar-refractivity contribution in [1.82, 2.24) is 5.32 Å². The predicted molar refractivity (Wildman–Crippen MR) is 68.5 cm³/mol. The van der Waals surface area contributed by atoms with Crippen molar-refractivity contribution >= 4 is 5.91 Å². The summed E-state index contributed by atoms with van der Waals surface area (Å²) in [6.45, 7) is 1.66. The van der Waals surface area contributed by atoms with Crippen LogP contribution in [0.15, 0.2) is 18.2 Å². The van der Waals surface area contributed by atoms with Crippen LogP contribution in [-0.2, 0) is 0 Å². The number of rotatable bonds is 7. The van der Waals surface area contributed by atoms with Crippen molar-refractivity contribution < 1.29 is 28.2 Å². The van der Waals surface area contributed by atoms with Crippen LogP contribution in [0.1, 0.15) is 17.3 Å². The molecular weight excluding hydrogens is 272 g/mol. The smallest absolute Gasteiger partial charge is 0.265 e. The second-order valence-corrected chi connectivity index (χ2v) is 3.91. The van der Waals surface area contributed by atoms with Crippen molar-refractivity contribution in [1.29, 1.82) is 0 Å². The molecule has 1 unspecified atom stereocenters. The molecule has 5 nitrogen and oxygen atoms in total. The first kappa shape index (κ1) is 16.2. The van der Waals surface area contributed by atoms with E-state index >= 15 is 0 Å². The molecule has 0 aliphatic heterocycles. The molecule has 1 atom stereocenters. The summed E-state index contributed by atoms with van der Waals surface area (Å²) >= 11 is 0. The molecule has 0 bridgehead atoms. The quantitative estimate of drug-likeness (QED) is 0.797. The molecular formula is C13H17F2NO4. The number of carbonyl (C=O) groups excluding carboxylic acids is 1. The van der Waals surface area contributed by atoms with Crippen LogP contribution in [0.3, 0.4) is 0 Å². The first-order valence-electron chi connectivity index (χ1n) is 6.04. The number of benzene rings is 1. The van der Waals surface area contributed by atoms with Gasteiger partial charge in [0, 0.05) is 12.1 Å². The Morgan fingerprint density at radius 3 is 2.65 bits per heavy atom. The Labute approximate surface area is 115 Å². The molecule has 112 valence electrons. The third kappa shape index (κ3) is 4.34. The third-order valence-corrected chi connectivity index (χ3v) is 2.49. The Morgan fingerprint density at radius 1 is 1.40 bits per heavy atom. The second kappa shape index (κ2) is 7.64. The Kier molecular flexibility index (Phi) is 6.17. The fourth-order valence-corrected chi connectivity index (χ4v) is 1.47. The topological polar surface area (TPSA) is 67.8 Å². The summed E-state index contributed by atoms with van der Waals surface area (Å²) in [6.07, 6.45) is -4.78. The third-order valence-electron chi connectivity index (χ3n) is 2.49. The standard InChI is InChI=1S/C13H17F2NO4/c1-3-20-11-6-8(4-5-10(11)19-2)13(18)16-7-9(17)12(14)15/h4-6,9,12,17H,3,7H2,1-2H3,(H,16,18). The average molecular weight is 289 g/mol. The molecule has 0 fully saturated rings. The van der Waals surface area contributed by atoms with E-state index in [1.54, 1.807) is 13.0 Å². The Hall–Kier alpha value is -1.89. The molecule has 0 aliphatic rings. The molecule has 0 heterocycles. The van der Waals surface area contributed by atoms with Gasteiger partial charge in [-0.3, -0.25) is 4.79 Å². The van der Waals surface area contributed by atoms with Gasteiger partial charge in [-0.1, -0.05) is 0 Å². The summed E-state index contributed by atoms with van der Waals surface area (Å²) in [4.78, 5) is 11.8. The number of nitrogens with one attached hydrogen (secondary N) is 1. The van der Waals surface area contributed by atoms with Crippen LogP contribution < -0.4 is 14.8 Å². The van der Waals surface area contributed by atoms with Crippen molar-refractivity contribution in [2.45, 2.75) is 19.5 Å². The first-order chi connectivity index (χ1) is 9.49. The molecule has 0 aromatic heterocycles. The molecule has 7 heteroatoms. The monoisotopic (exact) mass is 289 g/mol. The highest BCUT2D eigenvalue weighted by atomic mass is 19.3. The molecule has 2 N–H and O–H groups in total. The number of hydrogen-bond acceptors (Lipinski definition) is 4. The van der Waals surface area contributed by atoms with Crippen molar-refractivity contribution in [3.8, 4) is 11.5 Å². The van der Waals surface area contributed by atoms with Crippen molar-refractivity contribution in [3.05, 3.63) is 23.8 Å². The number of aliphatic hydroxyl groups is 1. The highest BCUT2D eigenvalue weighted by Gasteiger charge is 2.18. The van der Waals surface area contributed by atoms with Gasteiger partial charge in [-0.15, -0.1) is 0 Å². The van der Waals surface area contributed by atoms with E-state index in [4.69, 9.17) is 14.6 Å². The Morgan fingerprint density at radius 2 is 2.10 bits per heavy atom. The van der Waals surface area contributed by atoms with Gasteiger partial charge in [-0.2, -0.15) is 0 Å². The summed E-state index contributed by atoms with van der Waals surface area (Å²) < 4.78 is 34.6. The lowest BCUT2D eigenvalue weighted by Crippen LogP contribution is -2.35. The molecule has 1 aromatic rings. The van der Waals surface area contributed by atoms with Gasteiger partial charge in [0.25, 0.3) is 12.3 Å². The fourth-order valence-electron chi connectivity index (χ4n) is 1.47. The zero-order valence-corrected chi connectivity index (χ0v) is 11.2. The fraction of sp³-hybridized carbons (Fsp3) is 0.462. The predicted octanol–water partition coefficient (Wildman–Crippen LogP) is 1.45. The Balaban J connectivity index is 2.75. The number of alkyl halides is 2. The van der Waals surface area contributed by atoms with E-state index < -0.39 is 25.0 Å².